The minimum Gasteiger partial charge on any atom is -0.479 e. The summed E-state index contributed by atoms with van der Waals surface area (Å²) in [7, 11) is 0. The number of halogens is 3. The van der Waals surface area contributed by atoms with Gasteiger partial charge in [-0.05, 0) is 30.4 Å². The van der Waals surface area contributed by atoms with Gasteiger partial charge in [-0.1, -0.05) is 18.2 Å². The van der Waals surface area contributed by atoms with Crippen LogP contribution in [0.2, 0.25) is 0 Å². The van der Waals surface area contributed by atoms with E-state index >= 15 is 0 Å². The molecule has 0 aromatic heterocycles. The van der Waals surface area contributed by atoms with Crippen LogP contribution in [0.3, 0.4) is 0 Å². The Hall–Kier alpha value is -2.58. The smallest absolute Gasteiger partial charge is 0.416 e. The van der Waals surface area contributed by atoms with Gasteiger partial charge >= 0.3 is 12.1 Å². The summed E-state index contributed by atoms with van der Waals surface area (Å²) in [5.41, 5.74) is -1.65. The Morgan fingerprint density at radius 3 is 2.52 bits per heavy atom. The fraction of sp³-hybridized carbons (Fsp3) is 0.500. The number of carboxylic acids is 1. The molecular formula is C18H19F3N2O4. The highest BCUT2D eigenvalue weighted by molar-refractivity contribution is 5.91. The number of hydrogen-bond donors (Lipinski definition) is 2. The zero-order valence-electron chi connectivity index (χ0n) is 14.3. The zero-order chi connectivity index (χ0) is 19.8. The number of carboxylic acid groups (broad SMARTS) is 1. The molecule has 1 aliphatic carbocycles. The van der Waals surface area contributed by atoms with E-state index in [1.807, 2.05) is 0 Å². The largest absolute Gasteiger partial charge is 0.479 e. The minimum absolute atomic E-state index is 0.0637. The molecule has 0 bridgehead atoms. The summed E-state index contributed by atoms with van der Waals surface area (Å²) in [6.45, 7) is 0.732. The van der Waals surface area contributed by atoms with E-state index in [1.165, 1.54) is 6.07 Å². The molecule has 1 heterocycles. The second-order valence-corrected chi connectivity index (χ2v) is 7.01. The Morgan fingerprint density at radius 2 is 1.93 bits per heavy atom. The fourth-order valence-corrected chi connectivity index (χ4v) is 3.28. The van der Waals surface area contributed by atoms with E-state index in [1.54, 1.807) is 4.90 Å². The molecule has 2 amide bonds. The van der Waals surface area contributed by atoms with Gasteiger partial charge in [0.2, 0.25) is 11.8 Å². The Labute approximate surface area is 153 Å². The number of likely N-dealkylation sites (tertiary alicyclic amines) is 1. The van der Waals surface area contributed by atoms with Crippen LogP contribution in [0.15, 0.2) is 24.3 Å². The summed E-state index contributed by atoms with van der Waals surface area (Å²) < 4.78 is 39.6. The molecule has 0 unspecified atom stereocenters. The Kier molecular flexibility index (Phi) is 5.12. The number of alkyl halides is 3. The summed E-state index contributed by atoms with van der Waals surface area (Å²) in [4.78, 5) is 37.6. The second-order valence-electron chi connectivity index (χ2n) is 7.01. The van der Waals surface area contributed by atoms with Gasteiger partial charge in [0.15, 0.2) is 6.04 Å². The highest BCUT2D eigenvalue weighted by Gasteiger charge is 2.40. The van der Waals surface area contributed by atoms with Gasteiger partial charge in [0.1, 0.15) is 0 Å². The maximum absolute atomic E-state index is 13.2. The maximum atomic E-state index is 13.2. The third-order valence-corrected chi connectivity index (χ3v) is 4.87. The molecule has 0 spiro atoms. The number of nitrogens with one attached hydrogen (secondary N) is 1. The molecule has 2 atom stereocenters. The predicted molar refractivity (Wildman–Crippen MR) is 87.4 cm³/mol. The quantitative estimate of drug-likeness (QED) is 0.787. The summed E-state index contributed by atoms with van der Waals surface area (Å²) in [5, 5.41) is 11.6. The molecular weight excluding hydrogens is 365 g/mol. The van der Waals surface area contributed by atoms with Gasteiger partial charge in [0.05, 0.1) is 11.5 Å². The van der Waals surface area contributed by atoms with Crippen molar-refractivity contribution in [3.63, 3.8) is 0 Å². The highest BCUT2D eigenvalue weighted by Crippen LogP contribution is 2.35. The lowest BCUT2D eigenvalue weighted by Gasteiger charge is -2.21. The number of nitrogens with zero attached hydrogens (tertiary/aromatic N) is 1. The molecule has 27 heavy (non-hydrogen) atoms. The molecule has 1 aromatic carbocycles. The lowest BCUT2D eigenvalue weighted by molar-refractivity contribution is -0.144. The molecule has 2 fully saturated rings. The first-order chi connectivity index (χ1) is 12.7. The Balaban J connectivity index is 1.75. The van der Waals surface area contributed by atoms with E-state index < -0.39 is 41.1 Å². The fourth-order valence-electron chi connectivity index (χ4n) is 3.28. The highest BCUT2D eigenvalue weighted by atomic mass is 19.4. The molecule has 1 aliphatic heterocycles. The van der Waals surface area contributed by atoms with Crippen molar-refractivity contribution >= 4 is 17.8 Å². The van der Waals surface area contributed by atoms with E-state index in [-0.39, 0.29) is 18.9 Å². The average molecular weight is 384 g/mol. The van der Waals surface area contributed by atoms with E-state index in [0.29, 0.717) is 12.5 Å². The van der Waals surface area contributed by atoms with Gasteiger partial charge in [-0.2, -0.15) is 13.2 Å². The van der Waals surface area contributed by atoms with Crippen LogP contribution >= 0.6 is 0 Å². The van der Waals surface area contributed by atoms with Crippen LogP contribution in [0.4, 0.5) is 13.2 Å². The number of amides is 2. The molecule has 1 saturated heterocycles. The first kappa shape index (κ1) is 19.2. The number of hydrogen-bond acceptors (Lipinski definition) is 3. The molecule has 1 saturated carbocycles. The lowest BCUT2D eigenvalue weighted by atomic mass is 9.98. The number of rotatable bonds is 6. The SMILES string of the molecule is O=C(N[C@H](C(=O)O)c1ccccc1C(F)(F)F)[C@H]1CC(=O)N(CC2CC2)C1. The van der Waals surface area contributed by atoms with Crippen LogP contribution in [0.25, 0.3) is 0 Å². The molecule has 0 radical (unpaired) electrons. The monoisotopic (exact) mass is 384 g/mol. The second kappa shape index (κ2) is 7.21. The summed E-state index contributed by atoms with van der Waals surface area (Å²) in [5.74, 6) is -2.84. The van der Waals surface area contributed by atoms with Gasteiger partial charge in [-0.3, -0.25) is 9.59 Å². The van der Waals surface area contributed by atoms with E-state index in [4.69, 9.17) is 0 Å². The van der Waals surface area contributed by atoms with Gasteiger partial charge < -0.3 is 15.3 Å². The molecule has 2 N–H and O–H groups in total. The molecule has 146 valence electrons. The summed E-state index contributed by atoms with van der Waals surface area (Å²) in [6.07, 6.45) is -2.74. The van der Waals surface area contributed by atoms with Crippen molar-refractivity contribution in [2.75, 3.05) is 13.1 Å². The minimum atomic E-state index is -4.75. The standard InChI is InChI=1S/C18H19F3N2O4/c19-18(20,21)13-4-2-1-3-12(13)15(17(26)27)22-16(25)11-7-14(24)23(9-11)8-10-5-6-10/h1-4,10-11,15H,5-9H2,(H,22,25)(H,26,27)/t11-,15-/m0/s1. The Morgan fingerprint density at radius 1 is 1.26 bits per heavy atom. The molecule has 1 aromatic rings. The van der Waals surface area contributed by atoms with Crippen molar-refractivity contribution in [3.8, 4) is 0 Å². The van der Waals surface area contributed by atoms with Crippen molar-refractivity contribution in [2.24, 2.45) is 11.8 Å². The number of carbonyl (C=O) groups is 3. The molecule has 3 rings (SSSR count). The van der Waals surface area contributed by atoms with Crippen molar-refractivity contribution in [1.82, 2.24) is 10.2 Å². The van der Waals surface area contributed by atoms with Crippen molar-refractivity contribution in [3.05, 3.63) is 35.4 Å². The number of aliphatic carboxylic acids is 1. The van der Waals surface area contributed by atoms with Crippen LogP contribution in [-0.2, 0) is 20.6 Å². The van der Waals surface area contributed by atoms with Crippen molar-refractivity contribution in [2.45, 2.75) is 31.5 Å². The van der Waals surface area contributed by atoms with Crippen LogP contribution in [0, 0.1) is 11.8 Å². The van der Waals surface area contributed by atoms with E-state index in [2.05, 4.69) is 5.32 Å². The third kappa shape index (κ3) is 4.40. The first-order valence-electron chi connectivity index (χ1n) is 8.64. The zero-order valence-corrected chi connectivity index (χ0v) is 14.3. The number of benzene rings is 1. The normalized spacial score (nSPS) is 21.2. The van der Waals surface area contributed by atoms with E-state index in [9.17, 15) is 32.7 Å². The van der Waals surface area contributed by atoms with Gasteiger partial charge in [0.25, 0.3) is 0 Å². The van der Waals surface area contributed by atoms with Crippen LogP contribution in [0.1, 0.15) is 36.4 Å². The van der Waals surface area contributed by atoms with Crippen LogP contribution in [-0.4, -0.2) is 40.9 Å². The molecule has 6 nitrogen and oxygen atoms in total. The maximum Gasteiger partial charge on any atom is 0.416 e. The predicted octanol–water partition coefficient (Wildman–Crippen LogP) is 2.21. The van der Waals surface area contributed by atoms with Gasteiger partial charge in [0, 0.05) is 19.5 Å². The average Bonchev–Trinajstić information content (AvgIpc) is 3.33. The van der Waals surface area contributed by atoms with Gasteiger partial charge in [-0.15, -0.1) is 0 Å². The number of carbonyl (C=O) groups excluding carboxylic acids is 2. The van der Waals surface area contributed by atoms with Crippen molar-refractivity contribution in [1.29, 1.82) is 0 Å². The Bertz CT molecular complexity index is 761. The van der Waals surface area contributed by atoms with Crippen LogP contribution in [0.5, 0.6) is 0 Å². The topological polar surface area (TPSA) is 86.7 Å². The van der Waals surface area contributed by atoms with Gasteiger partial charge in [-0.25, -0.2) is 4.79 Å². The van der Waals surface area contributed by atoms with E-state index in [0.717, 1.165) is 31.0 Å². The van der Waals surface area contributed by atoms with Crippen molar-refractivity contribution < 1.29 is 32.7 Å². The first-order valence-corrected chi connectivity index (χ1v) is 8.64. The molecule has 9 heteroatoms. The summed E-state index contributed by atoms with van der Waals surface area (Å²) in [6, 6.07) is 2.39. The molecule has 2 aliphatic rings. The third-order valence-electron chi connectivity index (χ3n) is 4.87. The van der Waals surface area contributed by atoms with Crippen LogP contribution < -0.4 is 5.32 Å². The summed E-state index contributed by atoms with van der Waals surface area (Å²) >= 11 is 0. The lowest BCUT2D eigenvalue weighted by Crippen LogP contribution is -2.39.